The molecule has 0 aliphatic rings. The third-order valence-electron chi connectivity index (χ3n) is 5.19. The Morgan fingerprint density at radius 1 is 0.794 bits per heavy atom. The summed E-state index contributed by atoms with van der Waals surface area (Å²) in [4.78, 5) is 4.71. The molecule has 4 heteroatoms. The van der Waals surface area contributed by atoms with Gasteiger partial charge in [0.05, 0.1) is 6.10 Å². The van der Waals surface area contributed by atoms with E-state index in [-0.39, 0.29) is 6.10 Å². The molecule has 0 saturated carbocycles. The Balaban J connectivity index is 1.65. The highest BCUT2D eigenvalue weighted by Crippen LogP contribution is 2.35. The van der Waals surface area contributed by atoms with Crippen molar-refractivity contribution < 1.29 is 14.2 Å². The zero-order valence-electron chi connectivity index (χ0n) is 19.6. The van der Waals surface area contributed by atoms with E-state index in [1.807, 2.05) is 105 Å². The molecule has 4 aromatic rings. The van der Waals surface area contributed by atoms with Crippen molar-refractivity contribution in [3.8, 4) is 28.6 Å². The molecule has 34 heavy (non-hydrogen) atoms. The number of pyridine rings is 1. The van der Waals surface area contributed by atoms with Crippen LogP contribution < -0.4 is 14.2 Å². The number of hydrogen-bond donors (Lipinski definition) is 0. The zero-order valence-corrected chi connectivity index (χ0v) is 19.6. The van der Waals surface area contributed by atoms with Crippen LogP contribution in [0, 0.1) is 0 Å². The smallest absolute Gasteiger partial charge is 0.225 e. The highest BCUT2D eigenvalue weighted by atomic mass is 16.5. The molecule has 4 rings (SSSR count). The first-order valence-corrected chi connectivity index (χ1v) is 11.4. The maximum absolute atomic E-state index is 6.20. The molecule has 0 atom stereocenters. The van der Waals surface area contributed by atoms with Gasteiger partial charge in [-0.25, -0.2) is 0 Å². The summed E-state index contributed by atoms with van der Waals surface area (Å²) in [6.45, 7) is 8.76. The number of ether oxygens (including phenoxy) is 3. The molecule has 1 heterocycles. The van der Waals surface area contributed by atoms with Gasteiger partial charge in [-0.1, -0.05) is 85.5 Å². The van der Waals surface area contributed by atoms with Gasteiger partial charge >= 0.3 is 0 Å². The average molecular weight is 452 g/mol. The lowest BCUT2D eigenvalue weighted by molar-refractivity contribution is 0.242. The van der Waals surface area contributed by atoms with Crippen molar-refractivity contribution in [3.05, 3.63) is 114 Å². The predicted octanol–water partition coefficient (Wildman–Crippen LogP) is 7.34. The molecule has 0 aliphatic carbocycles. The standard InChI is InChI=1S/C30H29NO3/c1-4-25-15-16-26(19-28(25)34-22(2)3)27-17-18-29(32-20-23-11-7-5-8-12-23)31-30(27)33-21-24-13-9-6-10-14-24/h4-19,22H,1,20-21H2,2-3H3. The van der Waals surface area contributed by atoms with Crippen LogP contribution in [0.15, 0.2) is 97.6 Å². The summed E-state index contributed by atoms with van der Waals surface area (Å²) < 4.78 is 18.2. The fourth-order valence-corrected chi connectivity index (χ4v) is 3.52. The first-order chi connectivity index (χ1) is 16.6. The quantitative estimate of drug-likeness (QED) is 0.253. The van der Waals surface area contributed by atoms with E-state index in [1.165, 1.54) is 0 Å². The van der Waals surface area contributed by atoms with Gasteiger partial charge in [0.1, 0.15) is 19.0 Å². The molecule has 0 bridgehead atoms. The van der Waals surface area contributed by atoms with Crippen LogP contribution >= 0.6 is 0 Å². The third-order valence-corrected chi connectivity index (χ3v) is 5.19. The van der Waals surface area contributed by atoms with Crippen LogP contribution in [-0.2, 0) is 13.2 Å². The van der Waals surface area contributed by atoms with Crippen LogP contribution in [0.3, 0.4) is 0 Å². The van der Waals surface area contributed by atoms with E-state index in [4.69, 9.17) is 19.2 Å². The van der Waals surface area contributed by atoms with Gasteiger partial charge in [0.15, 0.2) is 0 Å². The molecule has 0 radical (unpaired) electrons. The first-order valence-electron chi connectivity index (χ1n) is 11.4. The second-order valence-corrected chi connectivity index (χ2v) is 8.17. The summed E-state index contributed by atoms with van der Waals surface area (Å²) in [5.74, 6) is 1.80. The second-order valence-electron chi connectivity index (χ2n) is 8.17. The highest BCUT2D eigenvalue weighted by molar-refractivity contribution is 5.73. The number of benzene rings is 3. The molecule has 3 aromatic carbocycles. The lowest BCUT2D eigenvalue weighted by atomic mass is 10.0. The molecule has 0 unspecified atom stereocenters. The highest BCUT2D eigenvalue weighted by Gasteiger charge is 2.14. The molecule has 0 amide bonds. The fourth-order valence-electron chi connectivity index (χ4n) is 3.52. The third kappa shape index (κ3) is 6.04. The second kappa shape index (κ2) is 11.2. The summed E-state index contributed by atoms with van der Waals surface area (Å²) >= 11 is 0. The lowest BCUT2D eigenvalue weighted by Gasteiger charge is -2.16. The largest absolute Gasteiger partial charge is 0.490 e. The van der Waals surface area contributed by atoms with Gasteiger partial charge in [0.25, 0.3) is 0 Å². The minimum atomic E-state index is 0.0506. The molecule has 172 valence electrons. The Morgan fingerprint density at radius 3 is 2.06 bits per heavy atom. The molecule has 0 N–H and O–H groups in total. The molecule has 4 nitrogen and oxygen atoms in total. The van der Waals surface area contributed by atoms with Crippen molar-refractivity contribution in [2.75, 3.05) is 0 Å². The van der Waals surface area contributed by atoms with Gasteiger partial charge in [-0.15, -0.1) is 0 Å². The van der Waals surface area contributed by atoms with Gasteiger partial charge in [0.2, 0.25) is 11.8 Å². The Hall–Kier alpha value is -4.05. The van der Waals surface area contributed by atoms with Gasteiger partial charge in [-0.3, -0.25) is 0 Å². The molecular formula is C30H29NO3. The molecule has 0 fully saturated rings. The van der Waals surface area contributed by atoms with E-state index in [1.54, 1.807) is 6.08 Å². The van der Waals surface area contributed by atoms with Gasteiger partial charge < -0.3 is 14.2 Å². The first kappa shape index (κ1) is 23.1. The van der Waals surface area contributed by atoms with Crippen molar-refractivity contribution in [1.29, 1.82) is 0 Å². The molecule has 1 aromatic heterocycles. The summed E-state index contributed by atoms with van der Waals surface area (Å²) in [7, 11) is 0. The number of aromatic nitrogens is 1. The minimum absolute atomic E-state index is 0.0506. The lowest BCUT2D eigenvalue weighted by Crippen LogP contribution is -2.07. The van der Waals surface area contributed by atoms with Crippen LogP contribution in [-0.4, -0.2) is 11.1 Å². The van der Waals surface area contributed by atoms with E-state index in [0.717, 1.165) is 33.6 Å². The van der Waals surface area contributed by atoms with Crippen molar-refractivity contribution >= 4 is 6.08 Å². The predicted molar refractivity (Wildman–Crippen MR) is 137 cm³/mol. The molecule has 0 aliphatic heterocycles. The van der Waals surface area contributed by atoms with Crippen LogP contribution in [0.4, 0.5) is 0 Å². The fraction of sp³-hybridized carbons (Fsp3) is 0.167. The topological polar surface area (TPSA) is 40.6 Å². The van der Waals surface area contributed by atoms with Gasteiger partial charge in [-0.05, 0) is 42.7 Å². The van der Waals surface area contributed by atoms with Crippen molar-refractivity contribution in [3.63, 3.8) is 0 Å². The summed E-state index contributed by atoms with van der Waals surface area (Å²) in [5.41, 5.74) is 4.91. The van der Waals surface area contributed by atoms with E-state index >= 15 is 0 Å². The molecule has 0 spiro atoms. The minimum Gasteiger partial charge on any atom is -0.490 e. The van der Waals surface area contributed by atoms with Gasteiger partial charge in [0, 0.05) is 17.2 Å². The summed E-state index contributed by atoms with van der Waals surface area (Å²) in [6.07, 6.45) is 1.85. The number of hydrogen-bond acceptors (Lipinski definition) is 4. The Morgan fingerprint density at radius 2 is 1.44 bits per heavy atom. The van der Waals surface area contributed by atoms with Crippen LogP contribution in [0.25, 0.3) is 17.2 Å². The van der Waals surface area contributed by atoms with Crippen molar-refractivity contribution in [2.24, 2.45) is 0 Å². The molecule has 0 saturated heterocycles. The maximum atomic E-state index is 6.20. The Kier molecular flexibility index (Phi) is 7.61. The van der Waals surface area contributed by atoms with Gasteiger partial charge in [-0.2, -0.15) is 4.98 Å². The van der Waals surface area contributed by atoms with Crippen LogP contribution in [0.2, 0.25) is 0 Å². The Bertz CT molecular complexity index is 1220. The monoisotopic (exact) mass is 451 g/mol. The van der Waals surface area contributed by atoms with E-state index < -0.39 is 0 Å². The van der Waals surface area contributed by atoms with E-state index in [9.17, 15) is 0 Å². The number of nitrogens with zero attached hydrogens (tertiary/aromatic N) is 1. The number of rotatable bonds is 10. The van der Waals surface area contributed by atoms with Crippen molar-refractivity contribution in [1.82, 2.24) is 4.98 Å². The SMILES string of the molecule is C=Cc1ccc(-c2ccc(OCc3ccccc3)nc2OCc2ccccc2)cc1OC(C)C. The zero-order chi connectivity index (χ0) is 23.8. The van der Waals surface area contributed by atoms with Crippen LogP contribution in [0.5, 0.6) is 17.5 Å². The normalized spacial score (nSPS) is 10.7. The summed E-state index contributed by atoms with van der Waals surface area (Å²) in [6, 6.07) is 30.0. The Labute approximate surface area is 201 Å². The van der Waals surface area contributed by atoms with Crippen LogP contribution in [0.1, 0.15) is 30.5 Å². The maximum Gasteiger partial charge on any atom is 0.225 e. The van der Waals surface area contributed by atoms with E-state index in [0.29, 0.717) is 25.0 Å². The molecular weight excluding hydrogens is 422 g/mol. The summed E-state index contributed by atoms with van der Waals surface area (Å²) in [5, 5.41) is 0. The average Bonchev–Trinajstić information content (AvgIpc) is 2.87. The van der Waals surface area contributed by atoms with E-state index in [2.05, 4.69) is 6.58 Å². The van der Waals surface area contributed by atoms with Crippen molar-refractivity contribution in [2.45, 2.75) is 33.2 Å².